The van der Waals surface area contributed by atoms with E-state index in [1.54, 1.807) is 7.11 Å². The van der Waals surface area contributed by atoms with E-state index in [0.29, 0.717) is 26.4 Å². The minimum Gasteiger partial charge on any atom is -0.382 e. The molecule has 0 aliphatic heterocycles. The Hall–Kier alpha value is -0.910. The van der Waals surface area contributed by atoms with E-state index in [-0.39, 0.29) is 0 Å². The first-order chi connectivity index (χ1) is 9.28. The van der Waals surface area contributed by atoms with Crippen molar-refractivity contribution in [1.29, 1.82) is 0 Å². The van der Waals surface area contributed by atoms with Crippen LogP contribution in [-0.4, -0.2) is 43.3 Å². The van der Waals surface area contributed by atoms with Gasteiger partial charge >= 0.3 is 0 Å². The van der Waals surface area contributed by atoms with E-state index in [0.717, 1.165) is 25.8 Å². The van der Waals surface area contributed by atoms with Crippen molar-refractivity contribution < 1.29 is 9.47 Å². The van der Waals surface area contributed by atoms with Crippen LogP contribution in [0.2, 0.25) is 0 Å². The quantitative estimate of drug-likeness (QED) is 0.648. The molecule has 0 atom stereocenters. The molecule has 0 unspecified atom stereocenters. The number of aryl methyl sites for hydroxylation is 1. The molecule has 0 spiro atoms. The second-order valence-corrected chi connectivity index (χ2v) is 4.45. The van der Waals surface area contributed by atoms with E-state index in [4.69, 9.17) is 15.2 Å². The van der Waals surface area contributed by atoms with Gasteiger partial charge in [0.15, 0.2) is 0 Å². The van der Waals surface area contributed by atoms with Crippen LogP contribution >= 0.6 is 0 Å². The lowest BCUT2D eigenvalue weighted by molar-refractivity contribution is 0.0651. The smallest absolute Gasteiger partial charge is 0.0701 e. The number of methoxy groups -OCH3 is 1. The summed E-state index contributed by atoms with van der Waals surface area (Å²) in [4.78, 5) is 0. The predicted molar refractivity (Wildman–Crippen MR) is 76.4 cm³/mol. The molecule has 0 radical (unpaired) electrons. The van der Waals surface area contributed by atoms with E-state index in [2.05, 4.69) is 23.6 Å². The Morgan fingerprint density at radius 2 is 1.95 bits per heavy atom. The first kappa shape index (κ1) is 16.1. The monoisotopic (exact) mass is 269 g/mol. The van der Waals surface area contributed by atoms with Crippen LogP contribution in [0.4, 0.5) is 0 Å². The largest absolute Gasteiger partial charge is 0.382 e. The summed E-state index contributed by atoms with van der Waals surface area (Å²) in [5, 5.41) is 4.69. The zero-order valence-electron chi connectivity index (χ0n) is 12.4. The van der Waals surface area contributed by atoms with Gasteiger partial charge in [-0.1, -0.05) is 13.8 Å². The Morgan fingerprint density at radius 3 is 2.53 bits per heavy atom. The summed E-state index contributed by atoms with van der Waals surface area (Å²) in [5.74, 6) is 0. The van der Waals surface area contributed by atoms with E-state index in [1.165, 1.54) is 17.0 Å². The molecule has 0 amide bonds. The second kappa shape index (κ2) is 9.07. The van der Waals surface area contributed by atoms with Gasteiger partial charge in [-0.15, -0.1) is 0 Å². The van der Waals surface area contributed by atoms with Crippen LogP contribution in [-0.2, 0) is 35.3 Å². The van der Waals surface area contributed by atoms with Crippen molar-refractivity contribution in [3.63, 3.8) is 0 Å². The van der Waals surface area contributed by atoms with E-state index >= 15 is 0 Å². The molecule has 19 heavy (non-hydrogen) atoms. The average Bonchev–Trinajstić information content (AvgIpc) is 2.76. The minimum absolute atomic E-state index is 0.634. The molecule has 5 nitrogen and oxygen atoms in total. The molecule has 0 aromatic carbocycles. The van der Waals surface area contributed by atoms with Crippen LogP contribution in [0.15, 0.2) is 0 Å². The molecule has 1 aromatic heterocycles. The highest BCUT2D eigenvalue weighted by Crippen LogP contribution is 2.16. The number of hydrogen-bond acceptors (Lipinski definition) is 4. The Kier molecular flexibility index (Phi) is 7.70. The first-order valence-corrected chi connectivity index (χ1v) is 7.12. The van der Waals surface area contributed by atoms with Crippen LogP contribution < -0.4 is 5.73 Å². The molecule has 5 heteroatoms. The number of hydrogen-bond donors (Lipinski definition) is 1. The van der Waals surface area contributed by atoms with Crippen molar-refractivity contribution >= 4 is 0 Å². The highest BCUT2D eigenvalue weighted by molar-refractivity contribution is 5.27. The third kappa shape index (κ3) is 4.60. The third-order valence-electron chi connectivity index (χ3n) is 3.19. The maximum absolute atomic E-state index is 5.70. The van der Waals surface area contributed by atoms with Crippen LogP contribution in [0.5, 0.6) is 0 Å². The summed E-state index contributed by atoms with van der Waals surface area (Å²) >= 11 is 0. The Morgan fingerprint density at radius 1 is 1.16 bits per heavy atom. The fourth-order valence-electron chi connectivity index (χ4n) is 2.28. The van der Waals surface area contributed by atoms with Crippen molar-refractivity contribution in [3.8, 4) is 0 Å². The standard InChI is InChI=1S/C14H27N3O2/c1-4-13-12(6-7-15)14(5-2)17(16-13)8-9-19-11-10-18-3/h4-11,15H2,1-3H3. The molecule has 0 bridgehead atoms. The zero-order valence-corrected chi connectivity index (χ0v) is 12.4. The predicted octanol–water partition coefficient (Wildman–Crippen LogP) is 1.17. The summed E-state index contributed by atoms with van der Waals surface area (Å²) in [5.41, 5.74) is 9.52. The molecular weight excluding hydrogens is 242 g/mol. The normalized spacial score (nSPS) is 11.2. The maximum atomic E-state index is 5.70. The van der Waals surface area contributed by atoms with Gasteiger partial charge in [0.25, 0.3) is 0 Å². The topological polar surface area (TPSA) is 62.3 Å². The molecule has 1 aromatic rings. The minimum atomic E-state index is 0.634. The molecule has 2 N–H and O–H groups in total. The van der Waals surface area contributed by atoms with Gasteiger partial charge in [-0.05, 0) is 31.4 Å². The summed E-state index contributed by atoms with van der Waals surface area (Å²) in [6.07, 6.45) is 2.86. The van der Waals surface area contributed by atoms with Gasteiger partial charge in [-0.3, -0.25) is 4.68 Å². The Labute approximate surface area is 116 Å². The first-order valence-electron chi connectivity index (χ1n) is 7.12. The molecule has 0 fully saturated rings. The van der Waals surface area contributed by atoms with Gasteiger partial charge in [-0.25, -0.2) is 0 Å². The van der Waals surface area contributed by atoms with Crippen molar-refractivity contribution in [1.82, 2.24) is 9.78 Å². The van der Waals surface area contributed by atoms with Gasteiger partial charge in [-0.2, -0.15) is 5.10 Å². The Balaban J connectivity index is 2.65. The van der Waals surface area contributed by atoms with Gasteiger partial charge in [0.2, 0.25) is 0 Å². The summed E-state index contributed by atoms with van der Waals surface area (Å²) in [6, 6.07) is 0. The Bertz CT molecular complexity index is 364. The number of rotatable bonds is 10. The fourth-order valence-corrected chi connectivity index (χ4v) is 2.28. The van der Waals surface area contributed by atoms with Crippen molar-refractivity contribution in [3.05, 3.63) is 17.0 Å². The number of aromatic nitrogens is 2. The number of nitrogens with zero attached hydrogens (tertiary/aromatic N) is 2. The van der Waals surface area contributed by atoms with E-state index < -0.39 is 0 Å². The van der Waals surface area contributed by atoms with Crippen LogP contribution in [0, 0.1) is 0 Å². The lowest BCUT2D eigenvalue weighted by atomic mass is 10.1. The molecule has 0 aliphatic carbocycles. The summed E-state index contributed by atoms with van der Waals surface area (Å²) in [7, 11) is 1.68. The van der Waals surface area contributed by atoms with Gasteiger partial charge < -0.3 is 15.2 Å². The molecule has 0 saturated heterocycles. The van der Waals surface area contributed by atoms with Crippen LogP contribution in [0.3, 0.4) is 0 Å². The fraction of sp³-hybridized carbons (Fsp3) is 0.786. The number of ether oxygens (including phenoxy) is 2. The van der Waals surface area contributed by atoms with E-state index in [1.807, 2.05) is 0 Å². The molecular formula is C14H27N3O2. The second-order valence-electron chi connectivity index (χ2n) is 4.45. The van der Waals surface area contributed by atoms with Crippen LogP contribution in [0.25, 0.3) is 0 Å². The van der Waals surface area contributed by atoms with E-state index in [9.17, 15) is 0 Å². The third-order valence-corrected chi connectivity index (χ3v) is 3.19. The highest BCUT2D eigenvalue weighted by atomic mass is 16.5. The lowest BCUT2D eigenvalue weighted by Crippen LogP contribution is -2.13. The lowest BCUT2D eigenvalue weighted by Gasteiger charge is -2.08. The van der Waals surface area contributed by atoms with Crippen LogP contribution in [0.1, 0.15) is 30.8 Å². The molecule has 110 valence electrons. The van der Waals surface area contributed by atoms with Gasteiger partial charge in [0, 0.05) is 12.8 Å². The highest BCUT2D eigenvalue weighted by Gasteiger charge is 2.14. The van der Waals surface area contributed by atoms with Crippen molar-refractivity contribution in [2.45, 2.75) is 39.7 Å². The molecule has 1 heterocycles. The van der Waals surface area contributed by atoms with Gasteiger partial charge in [0.1, 0.15) is 0 Å². The summed E-state index contributed by atoms with van der Waals surface area (Å²) < 4.78 is 12.5. The summed E-state index contributed by atoms with van der Waals surface area (Å²) in [6.45, 7) is 7.72. The molecule has 1 rings (SSSR count). The molecule has 0 saturated carbocycles. The zero-order chi connectivity index (χ0) is 14.1. The SMILES string of the molecule is CCc1nn(CCOCCOC)c(CC)c1CCN. The van der Waals surface area contributed by atoms with Crippen molar-refractivity contribution in [2.24, 2.45) is 5.73 Å². The van der Waals surface area contributed by atoms with Crippen molar-refractivity contribution in [2.75, 3.05) is 33.5 Å². The maximum Gasteiger partial charge on any atom is 0.0701 e. The number of nitrogens with two attached hydrogens (primary N) is 1. The average molecular weight is 269 g/mol. The molecule has 0 aliphatic rings. The van der Waals surface area contributed by atoms with Gasteiger partial charge in [0.05, 0.1) is 32.1 Å².